The number of ether oxygens (including phenoxy) is 2. The number of rotatable bonds is 13. The second kappa shape index (κ2) is 11.5. The molecule has 0 aromatic rings. The molecule has 1 spiro atoms. The average molecular weight is 533 g/mol. The maximum absolute atomic E-state index is 14.4. The van der Waals surface area contributed by atoms with E-state index in [0.717, 1.165) is 12.8 Å². The number of allylic oxidation sites excluding steroid dienone is 1. The standard InChI is InChI=1S/C30H48N2O6/c1-9-12-13-14-18-37-27(36)23-22-25(34)32(21(19-33)20(4)5)24(26(35)31(17-10-2)28(6,7)8)30(22)16-15-29(23,11-3)38-30/h9-10,20-24,33H,1-2,11-19H2,3-8H3/t21-,22-,23-,24?,29+,30?/m0/s1. The van der Waals surface area contributed by atoms with Crippen LogP contribution in [0.25, 0.3) is 0 Å². The third kappa shape index (κ3) is 4.94. The Bertz CT molecular complexity index is 926. The van der Waals surface area contributed by atoms with E-state index in [2.05, 4.69) is 13.2 Å². The first-order valence-electron chi connectivity index (χ1n) is 14.2. The molecule has 3 rings (SSSR count). The van der Waals surface area contributed by atoms with Gasteiger partial charge < -0.3 is 24.4 Å². The predicted molar refractivity (Wildman–Crippen MR) is 146 cm³/mol. The highest BCUT2D eigenvalue weighted by Crippen LogP contribution is 2.65. The number of unbranched alkanes of at least 4 members (excludes halogenated alkanes) is 2. The fraction of sp³-hybridized carbons (Fsp3) is 0.767. The van der Waals surface area contributed by atoms with E-state index in [1.54, 1.807) is 15.9 Å². The number of hydrogen-bond acceptors (Lipinski definition) is 6. The molecule has 3 heterocycles. The molecule has 2 amide bonds. The Morgan fingerprint density at radius 3 is 2.45 bits per heavy atom. The van der Waals surface area contributed by atoms with Crippen LogP contribution in [-0.4, -0.2) is 81.3 Å². The Labute approximate surface area is 228 Å². The van der Waals surface area contributed by atoms with Crippen molar-refractivity contribution in [3.63, 3.8) is 0 Å². The number of aliphatic hydroxyl groups excluding tert-OH is 1. The number of fused-ring (bicyclic) bond motifs is 1. The molecule has 0 radical (unpaired) electrons. The number of carbonyl (C=O) groups is 3. The molecule has 38 heavy (non-hydrogen) atoms. The van der Waals surface area contributed by atoms with Crippen molar-refractivity contribution >= 4 is 17.8 Å². The Hall–Kier alpha value is -2.19. The maximum Gasteiger partial charge on any atom is 0.312 e. The summed E-state index contributed by atoms with van der Waals surface area (Å²) >= 11 is 0. The van der Waals surface area contributed by atoms with Gasteiger partial charge in [0.2, 0.25) is 11.8 Å². The van der Waals surface area contributed by atoms with Crippen LogP contribution in [0.5, 0.6) is 0 Å². The molecule has 3 aliphatic heterocycles. The SMILES string of the molecule is C=CCCCCOC(=O)[C@@H]1[C@H]2C(=O)N([C@@H](CO)C(C)C)C(C(=O)N(CC=C)C(C)(C)C)C23CC[C@@]1(CC)O3. The second-order valence-electron chi connectivity index (χ2n) is 12.4. The van der Waals surface area contributed by atoms with E-state index in [1.165, 1.54) is 0 Å². The van der Waals surface area contributed by atoms with Crippen LogP contribution in [0.1, 0.15) is 80.1 Å². The summed E-state index contributed by atoms with van der Waals surface area (Å²) in [5.41, 5.74) is -2.53. The van der Waals surface area contributed by atoms with Crippen molar-refractivity contribution < 1.29 is 29.0 Å². The molecule has 0 aliphatic carbocycles. The zero-order valence-corrected chi connectivity index (χ0v) is 24.2. The molecular formula is C30H48N2O6. The van der Waals surface area contributed by atoms with Gasteiger partial charge >= 0.3 is 5.97 Å². The van der Waals surface area contributed by atoms with Gasteiger partial charge in [0.25, 0.3) is 0 Å². The van der Waals surface area contributed by atoms with E-state index in [0.29, 0.717) is 32.2 Å². The summed E-state index contributed by atoms with van der Waals surface area (Å²) in [6, 6.07) is -1.53. The summed E-state index contributed by atoms with van der Waals surface area (Å²) < 4.78 is 12.5. The number of likely N-dealkylation sites (tertiary alicyclic amines) is 1. The number of hydrogen-bond donors (Lipinski definition) is 1. The first kappa shape index (κ1) is 30.4. The molecule has 1 N–H and O–H groups in total. The monoisotopic (exact) mass is 532 g/mol. The van der Waals surface area contributed by atoms with Crippen LogP contribution in [0.15, 0.2) is 25.3 Å². The number of aliphatic hydroxyl groups is 1. The minimum atomic E-state index is -1.15. The highest BCUT2D eigenvalue weighted by molar-refractivity contribution is 5.99. The molecule has 3 aliphatic rings. The molecule has 6 atom stereocenters. The molecule has 3 fully saturated rings. The van der Waals surface area contributed by atoms with Crippen molar-refractivity contribution in [3.8, 4) is 0 Å². The van der Waals surface area contributed by atoms with E-state index in [9.17, 15) is 19.5 Å². The highest BCUT2D eigenvalue weighted by Gasteiger charge is 2.79. The minimum absolute atomic E-state index is 0.107. The number of amides is 2. The predicted octanol–water partition coefficient (Wildman–Crippen LogP) is 3.87. The summed E-state index contributed by atoms with van der Waals surface area (Å²) in [4.78, 5) is 45.7. The number of esters is 1. The normalized spacial score (nSPS) is 30.9. The van der Waals surface area contributed by atoms with Gasteiger partial charge in [-0.3, -0.25) is 14.4 Å². The van der Waals surface area contributed by atoms with E-state index in [4.69, 9.17) is 9.47 Å². The molecule has 2 bridgehead atoms. The van der Waals surface area contributed by atoms with Crippen LogP contribution >= 0.6 is 0 Å². The van der Waals surface area contributed by atoms with Crippen molar-refractivity contribution in [1.82, 2.24) is 9.80 Å². The molecule has 0 aromatic heterocycles. The Balaban J connectivity index is 2.08. The molecule has 3 saturated heterocycles. The zero-order chi connectivity index (χ0) is 28.5. The lowest BCUT2D eigenvalue weighted by Crippen LogP contribution is -2.62. The lowest BCUT2D eigenvalue weighted by molar-refractivity contribution is -0.165. The Morgan fingerprint density at radius 2 is 1.92 bits per heavy atom. The van der Waals surface area contributed by atoms with E-state index < -0.39 is 46.6 Å². The van der Waals surface area contributed by atoms with Gasteiger partial charge in [0.15, 0.2) is 0 Å². The van der Waals surface area contributed by atoms with Crippen LogP contribution in [0.2, 0.25) is 0 Å². The third-order valence-electron chi connectivity index (χ3n) is 8.85. The second-order valence-corrected chi connectivity index (χ2v) is 12.4. The van der Waals surface area contributed by atoms with Crippen LogP contribution in [-0.2, 0) is 23.9 Å². The van der Waals surface area contributed by atoms with Crippen molar-refractivity contribution in [1.29, 1.82) is 0 Å². The Morgan fingerprint density at radius 1 is 1.24 bits per heavy atom. The first-order valence-corrected chi connectivity index (χ1v) is 14.2. The van der Waals surface area contributed by atoms with Crippen molar-refractivity contribution in [2.75, 3.05) is 19.8 Å². The third-order valence-corrected chi connectivity index (χ3v) is 8.85. The topological polar surface area (TPSA) is 96.4 Å². The fourth-order valence-corrected chi connectivity index (χ4v) is 6.90. The summed E-state index contributed by atoms with van der Waals surface area (Å²) in [7, 11) is 0. The fourth-order valence-electron chi connectivity index (χ4n) is 6.90. The molecule has 8 heteroatoms. The van der Waals surface area contributed by atoms with Gasteiger partial charge in [0, 0.05) is 12.1 Å². The van der Waals surface area contributed by atoms with Gasteiger partial charge in [-0.1, -0.05) is 32.9 Å². The smallest absolute Gasteiger partial charge is 0.312 e. The first-order chi connectivity index (χ1) is 17.9. The van der Waals surface area contributed by atoms with Crippen molar-refractivity contribution in [2.45, 2.75) is 109 Å². The summed E-state index contributed by atoms with van der Waals surface area (Å²) in [5, 5.41) is 10.4. The zero-order valence-electron chi connectivity index (χ0n) is 24.2. The largest absolute Gasteiger partial charge is 0.465 e. The maximum atomic E-state index is 14.4. The van der Waals surface area contributed by atoms with E-state index in [1.807, 2.05) is 47.6 Å². The van der Waals surface area contributed by atoms with Gasteiger partial charge in [-0.15, -0.1) is 13.2 Å². The molecule has 8 nitrogen and oxygen atoms in total. The van der Waals surface area contributed by atoms with E-state index >= 15 is 0 Å². The highest BCUT2D eigenvalue weighted by atomic mass is 16.6. The number of carbonyl (C=O) groups excluding carboxylic acids is 3. The van der Waals surface area contributed by atoms with Crippen molar-refractivity contribution in [2.24, 2.45) is 17.8 Å². The molecule has 0 saturated carbocycles. The number of nitrogens with zero attached hydrogens (tertiary/aromatic N) is 2. The average Bonchev–Trinajstić information content (AvgIpc) is 3.45. The van der Waals surface area contributed by atoms with Crippen LogP contribution in [0.3, 0.4) is 0 Å². The summed E-state index contributed by atoms with van der Waals surface area (Å²) in [6.45, 7) is 19.5. The van der Waals surface area contributed by atoms with Gasteiger partial charge in [0.05, 0.1) is 30.8 Å². The van der Waals surface area contributed by atoms with Crippen LogP contribution < -0.4 is 0 Å². The van der Waals surface area contributed by atoms with Gasteiger partial charge in [-0.05, 0) is 65.2 Å². The van der Waals surface area contributed by atoms with Crippen molar-refractivity contribution in [3.05, 3.63) is 25.3 Å². The minimum Gasteiger partial charge on any atom is -0.465 e. The van der Waals surface area contributed by atoms with E-state index in [-0.39, 0.29) is 30.9 Å². The van der Waals surface area contributed by atoms with Gasteiger partial charge in [-0.2, -0.15) is 0 Å². The lowest BCUT2D eigenvalue weighted by Gasteiger charge is -2.44. The lowest BCUT2D eigenvalue weighted by atomic mass is 9.65. The van der Waals surface area contributed by atoms with Crippen LogP contribution in [0, 0.1) is 17.8 Å². The quantitative estimate of drug-likeness (QED) is 0.220. The molecule has 0 aromatic carbocycles. The van der Waals surface area contributed by atoms with Gasteiger partial charge in [-0.25, -0.2) is 0 Å². The molecular weight excluding hydrogens is 484 g/mol. The summed E-state index contributed by atoms with van der Waals surface area (Å²) in [5.74, 6) is -2.69. The molecule has 2 unspecified atom stereocenters. The molecule has 214 valence electrons. The van der Waals surface area contributed by atoms with Crippen LogP contribution in [0.4, 0.5) is 0 Å². The summed E-state index contributed by atoms with van der Waals surface area (Å²) in [6.07, 6.45) is 7.55. The van der Waals surface area contributed by atoms with Gasteiger partial charge in [0.1, 0.15) is 17.6 Å². The Kier molecular flexibility index (Phi) is 9.19.